The molecule has 0 fully saturated rings. The van der Waals surface area contributed by atoms with Crippen LogP contribution in [0.15, 0.2) is 0 Å². The zero-order valence-corrected chi connectivity index (χ0v) is 10.5. The Balaban J connectivity index is 4.09. The van der Waals surface area contributed by atoms with Gasteiger partial charge in [-0.2, -0.15) is 8.78 Å². The Morgan fingerprint density at radius 1 is 1.20 bits per heavy atom. The summed E-state index contributed by atoms with van der Waals surface area (Å²) in [5, 5.41) is 11.5. The molecule has 20 heavy (non-hydrogen) atoms. The third-order valence-electron chi connectivity index (χ3n) is 2.11. The van der Waals surface area contributed by atoms with E-state index in [9.17, 15) is 31.9 Å². The molecule has 6 nitrogen and oxygen atoms in total. The molecule has 0 aromatic heterocycles. The SMILES string of the molecule is CC(CC(=O)O)CC(=O)NC(=O)NCC(F)(F)C(F)F. The first-order valence-electron chi connectivity index (χ1n) is 5.50. The van der Waals surface area contributed by atoms with E-state index >= 15 is 0 Å². The van der Waals surface area contributed by atoms with E-state index in [1.54, 1.807) is 5.32 Å². The maximum absolute atomic E-state index is 12.5. The van der Waals surface area contributed by atoms with Crippen molar-refractivity contribution >= 4 is 17.9 Å². The third kappa shape index (κ3) is 7.54. The second-order valence-corrected chi connectivity index (χ2v) is 4.20. The standard InChI is InChI=1S/C10H14F4N2O4/c1-5(3-7(18)19)2-6(17)16-9(20)15-4-10(13,14)8(11)12/h5,8H,2-4H2,1H3,(H,18,19)(H2,15,16,17,20). The van der Waals surface area contributed by atoms with Gasteiger partial charge in [0.05, 0.1) is 6.54 Å². The smallest absolute Gasteiger partial charge is 0.324 e. The first-order chi connectivity index (χ1) is 9.04. The number of amides is 3. The Kier molecular flexibility index (Phi) is 6.94. The summed E-state index contributed by atoms with van der Waals surface area (Å²) in [5.41, 5.74) is 0. The monoisotopic (exact) mass is 302 g/mol. The van der Waals surface area contributed by atoms with E-state index in [0.29, 0.717) is 0 Å². The number of carboxylic acid groups (broad SMARTS) is 1. The number of nitrogens with one attached hydrogen (secondary N) is 2. The molecule has 0 aromatic carbocycles. The Morgan fingerprint density at radius 2 is 1.75 bits per heavy atom. The van der Waals surface area contributed by atoms with Gasteiger partial charge in [-0.1, -0.05) is 6.92 Å². The second kappa shape index (κ2) is 7.65. The van der Waals surface area contributed by atoms with E-state index < -0.39 is 42.7 Å². The zero-order chi connectivity index (χ0) is 15.9. The van der Waals surface area contributed by atoms with Crippen LogP contribution in [0.3, 0.4) is 0 Å². The number of rotatable bonds is 7. The Bertz CT molecular complexity index is 376. The number of carbonyl (C=O) groups excluding carboxylic acids is 2. The van der Waals surface area contributed by atoms with Crippen molar-refractivity contribution in [3.8, 4) is 0 Å². The summed E-state index contributed by atoms with van der Waals surface area (Å²) in [6.45, 7) is -0.176. The van der Waals surface area contributed by atoms with Crippen molar-refractivity contribution in [2.24, 2.45) is 5.92 Å². The maximum atomic E-state index is 12.5. The molecule has 0 aromatic rings. The number of halogens is 4. The fourth-order valence-corrected chi connectivity index (χ4v) is 1.18. The summed E-state index contributed by atoms with van der Waals surface area (Å²) >= 11 is 0. The van der Waals surface area contributed by atoms with Gasteiger partial charge in [-0.05, 0) is 5.92 Å². The molecule has 1 unspecified atom stereocenters. The van der Waals surface area contributed by atoms with E-state index in [1.807, 2.05) is 0 Å². The van der Waals surface area contributed by atoms with Crippen molar-refractivity contribution < 1.29 is 37.1 Å². The van der Waals surface area contributed by atoms with E-state index in [0.717, 1.165) is 0 Å². The van der Waals surface area contributed by atoms with E-state index in [-0.39, 0.29) is 12.8 Å². The van der Waals surface area contributed by atoms with Crippen molar-refractivity contribution in [1.82, 2.24) is 10.6 Å². The van der Waals surface area contributed by atoms with Crippen LogP contribution >= 0.6 is 0 Å². The quantitative estimate of drug-likeness (QED) is 0.616. The van der Waals surface area contributed by atoms with Crippen molar-refractivity contribution in [2.75, 3.05) is 6.54 Å². The van der Waals surface area contributed by atoms with Crippen molar-refractivity contribution in [2.45, 2.75) is 32.1 Å². The number of hydrogen-bond acceptors (Lipinski definition) is 3. The zero-order valence-electron chi connectivity index (χ0n) is 10.5. The molecule has 0 aliphatic rings. The minimum absolute atomic E-state index is 0.307. The number of imide groups is 1. The van der Waals surface area contributed by atoms with E-state index in [2.05, 4.69) is 0 Å². The third-order valence-corrected chi connectivity index (χ3v) is 2.11. The van der Waals surface area contributed by atoms with Gasteiger partial charge in [-0.15, -0.1) is 0 Å². The second-order valence-electron chi connectivity index (χ2n) is 4.20. The van der Waals surface area contributed by atoms with Crippen LogP contribution in [0.5, 0.6) is 0 Å². The lowest BCUT2D eigenvalue weighted by atomic mass is 10.0. The minimum Gasteiger partial charge on any atom is -0.481 e. The number of carboxylic acids is 1. The van der Waals surface area contributed by atoms with Gasteiger partial charge in [0, 0.05) is 12.8 Å². The number of aliphatic carboxylic acids is 1. The summed E-state index contributed by atoms with van der Waals surface area (Å²) in [5.74, 6) is -6.98. The maximum Gasteiger partial charge on any atom is 0.324 e. The van der Waals surface area contributed by atoms with Crippen LogP contribution in [-0.4, -0.2) is 41.9 Å². The highest BCUT2D eigenvalue weighted by molar-refractivity contribution is 5.94. The lowest BCUT2D eigenvalue weighted by Gasteiger charge is -2.16. The van der Waals surface area contributed by atoms with Gasteiger partial charge >= 0.3 is 24.3 Å². The van der Waals surface area contributed by atoms with Crippen LogP contribution < -0.4 is 10.6 Å². The Morgan fingerprint density at radius 3 is 2.20 bits per heavy atom. The van der Waals surface area contributed by atoms with Crippen molar-refractivity contribution in [3.05, 3.63) is 0 Å². The summed E-state index contributed by atoms with van der Waals surface area (Å²) < 4.78 is 48.5. The van der Waals surface area contributed by atoms with Gasteiger partial charge in [0.2, 0.25) is 5.91 Å². The van der Waals surface area contributed by atoms with Crippen molar-refractivity contribution in [3.63, 3.8) is 0 Å². The molecule has 3 amide bonds. The lowest BCUT2D eigenvalue weighted by Crippen LogP contribution is -2.47. The molecule has 0 heterocycles. The average Bonchev–Trinajstić information content (AvgIpc) is 2.24. The summed E-state index contributed by atoms with van der Waals surface area (Å²) in [6, 6.07) is -1.35. The normalized spacial score (nSPS) is 12.9. The first kappa shape index (κ1) is 18.1. The first-order valence-corrected chi connectivity index (χ1v) is 5.50. The fraction of sp³-hybridized carbons (Fsp3) is 0.700. The van der Waals surface area contributed by atoms with Gasteiger partial charge in [0.1, 0.15) is 0 Å². The van der Waals surface area contributed by atoms with Crippen LogP contribution in [0.4, 0.5) is 22.4 Å². The van der Waals surface area contributed by atoms with Crippen LogP contribution in [-0.2, 0) is 9.59 Å². The highest BCUT2D eigenvalue weighted by Gasteiger charge is 2.40. The van der Waals surface area contributed by atoms with Crippen LogP contribution in [0.2, 0.25) is 0 Å². The van der Waals surface area contributed by atoms with Gasteiger partial charge in [0.25, 0.3) is 0 Å². The summed E-state index contributed by atoms with van der Waals surface area (Å²) in [4.78, 5) is 32.5. The van der Waals surface area contributed by atoms with Gasteiger partial charge in [-0.25, -0.2) is 13.6 Å². The highest BCUT2D eigenvalue weighted by atomic mass is 19.3. The predicted octanol–water partition coefficient (Wildman–Crippen LogP) is 1.21. The van der Waals surface area contributed by atoms with E-state index in [1.165, 1.54) is 12.2 Å². The predicted molar refractivity (Wildman–Crippen MR) is 58.5 cm³/mol. The molecule has 0 aliphatic heterocycles. The molecular weight excluding hydrogens is 288 g/mol. The number of hydrogen-bond donors (Lipinski definition) is 3. The molecule has 116 valence electrons. The molecule has 0 spiro atoms. The van der Waals surface area contributed by atoms with E-state index in [4.69, 9.17) is 5.11 Å². The van der Waals surface area contributed by atoms with Crippen LogP contribution in [0, 0.1) is 5.92 Å². The summed E-state index contributed by atoms with van der Waals surface area (Å²) in [7, 11) is 0. The molecule has 3 N–H and O–H groups in total. The number of urea groups is 1. The Labute approximate surface area is 111 Å². The molecule has 0 rings (SSSR count). The van der Waals surface area contributed by atoms with Crippen LogP contribution in [0.25, 0.3) is 0 Å². The molecule has 10 heteroatoms. The Hall–Kier alpha value is -1.87. The fourth-order valence-electron chi connectivity index (χ4n) is 1.18. The molecule has 1 atom stereocenters. The number of alkyl halides is 4. The highest BCUT2D eigenvalue weighted by Crippen LogP contribution is 2.21. The minimum atomic E-state index is -4.39. The van der Waals surface area contributed by atoms with Gasteiger partial charge in [0.15, 0.2) is 0 Å². The van der Waals surface area contributed by atoms with Gasteiger partial charge in [-0.3, -0.25) is 14.9 Å². The average molecular weight is 302 g/mol. The van der Waals surface area contributed by atoms with Crippen LogP contribution in [0.1, 0.15) is 19.8 Å². The molecule has 0 bridgehead atoms. The molecular formula is C10H14F4N2O4. The topological polar surface area (TPSA) is 95.5 Å². The molecule has 0 aliphatic carbocycles. The van der Waals surface area contributed by atoms with Gasteiger partial charge < -0.3 is 10.4 Å². The summed E-state index contributed by atoms with van der Waals surface area (Å²) in [6.07, 6.45) is -4.56. The lowest BCUT2D eigenvalue weighted by molar-refractivity contribution is -0.138. The largest absolute Gasteiger partial charge is 0.481 e. The number of carbonyl (C=O) groups is 3. The molecule has 0 saturated carbocycles. The molecule has 0 saturated heterocycles. The van der Waals surface area contributed by atoms with Crippen molar-refractivity contribution in [1.29, 1.82) is 0 Å². The molecule has 0 radical (unpaired) electrons.